The van der Waals surface area contributed by atoms with Gasteiger partial charge in [-0.3, -0.25) is 9.59 Å². The molecular weight excluding hydrogens is 394 g/mol. The standard InChI is InChI=1S/C18H18F2N2O5S/c1-11-3-4-16(5-12(11)2)28(25,26)21-9-18(24)27-10-17(23)22-15-7-13(19)6-14(20)8-15/h3-8,21H,9-10H2,1-2H3,(H,22,23). The van der Waals surface area contributed by atoms with Crippen LogP contribution in [0.4, 0.5) is 14.5 Å². The number of rotatable bonds is 7. The minimum atomic E-state index is -3.93. The molecule has 2 aromatic carbocycles. The lowest BCUT2D eigenvalue weighted by atomic mass is 10.1. The van der Waals surface area contributed by atoms with Gasteiger partial charge in [0, 0.05) is 11.8 Å². The Morgan fingerprint density at radius 2 is 1.64 bits per heavy atom. The summed E-state index contributed by atoms with van der Waals surface area (Å²) in [5.41, 5.74) is 1.55. The summed E-state index contributed by atoms with van der Waals surface area (Å²) in [4.78, 5) is 23.3. The molecule has 0 heterocycles. The molecule has 0 aliphatic rings. The van der Waals surface area contributed by atoms with Gasteiger partial charge in [0.05, 0.1) is 4.90 Å². The second kappa shape index (κ2) is 8.89. The van der Waals surface area contributed by atoms with Gasteiger partial charge in [0.2, 0.25) is 10.0 Å². The van der Waals surface area contributed by atoms with Crippen molar-refractivity contribution in [3.63, 3.8) is 0 Å². The Morgan fingerprint density at radius 3 is 2.25 bits per heavy atom. The Kier molecular flexibility index (Phi) is 6.81. The molecule has 0 atom stereocenters. The molecule has 0 saturated carbocycles. The zero-order valence-corrected chi connectivity index (χ0v) is 15.9. The van der Waals surface area contributed by atoms with Gasteiger partial charge >= 0.3 is 5.97 Å². The number of anilines is 1. The fourth-order valence-corrected chi connectivity index (χ4v) is 3.19. The van der Waals surface area contributed by atoms with Crippen molar-refractivity contribution < 1.29 is 31.5 Å². The maximum Gasteiger partial charge on any atom is 0.321 e. The normalized spacial score (nSPS) is 11.1. The Hall–Kier alpha value is -2.85. The molecular formula is C18H18F2N2O5S. The number of carbonyl (C=O) groups excluding carboxylic acids is 2. The lowest BCUT2D eigenvalue weighted by Gasteiger charge is -2.09. The SMILES string of the molecule is Cc1ccc(S(=O)(=O)NCC(=O)OCC(=O)Nc2cc(F)cc(F)c2)cc1C. The van der Waals surface area contributed by atoms with E-state index in [0.717, 1.165) is 23.3 Å². The highest BCUT2D eigenvalue weighted by Crippen LogP contribution is 2.14. The number of hydrogen-bond acceptors (Lipinski definition) is 5. The molecule has 0 aliphatic carbocycles. The molecule has 2 N–H and O–H groups in total. The number of carbonyl (C=O) groups is 2. The maximum atomic E-state index is 13.0. The van der Waals surface area contributed by atoms with E-state index in [9.17, 15) is 26.8 Å². The lowest BCUT2D eigenvalue weighted by Crippen LogP contribution is -2.32. The molecule has 150 valence electrons. The highest BCUT2D eigenvalue weighted by Gasteiger charge is 2.17. The third-order valence-corrected chi connectivity index (χ3v) is 5.10. The van der Waals surface area contributed by atoms with Crippen molar-refractivity contribution in [3.05, 3.63) is 59.2 Å². The molecule has 0 aromatic heterocycles. The molecule has 0 spiro atoms. The highest BCUT2D eigenvalue weighted by atomic mass is 32.2. The van der Waals surface area contributed by atoms with Gasteiger partial charge in [-0.2, -0.15) is 4.72 Å². The number of benzene rings is 2. The number of sulfonamides is 1. The van der Waals surface area contributed by atoms with E-state index in [1.165, 1.54) is 12.1 Å². The van der Waals surface area contributed by atoms with Crippen molar-refractivity contribution in [2.45, 2.75) is 18.7 Å². The van der Waals surface area contributed by atoms with Crippen molar-refractivity contribution in [1.82, 2.24) is 4.72 Å². The van der Waals surface area contributed by atoms with Gasteiger partial charge in [-0.1, -0.05) is 6.07 Å². The summed E-state index contributed by atoms with van der Waals surface area (Å²) >= 11 is 0. The average Bonchev–Trinajstić information content (AvgIpc) is 2.59. The van der Waals surface area contributed by atoms with Crippen LogP contribution in [0.1, 0.15) is 11.1 Å². The van der Waals surface area contributed by atoms with Crippen LogP contribution < -0.4 is 10.0 Å². The monoisotopic (exact) mass is 412 g/mol. The van der Waals surface area contributed by atoms with Crippen molar-refractivity contribution in [1.29, 1.82) is 0 Å². The maximum absolute atomic E-state index is 13.0. The summed E-state index contributed by atoms with van der Waals surface area (Å²) < 4.78 is 57.2. The van der Waals surface area contributed by atoms with Gasteiger partial charge in [0.15, 0.2) is 6.61 Å². The molecule has 0 unspecified atom stereocenters. The van der Waals surface area contributed by atoms with Crippen molar-refractivity contribution >= 4 is 27.6 Å². The first-order valence-corrected chi connectivity index (χ1v) is 9.53. The Balaban J connectivity index is 1.84. The van der Waals surface area contributed by atoms with E-state index in [0.29, 0.717) is 6.07 Å². The predicted octanol–water partition coefficient (Wildman–Crippen LogP) is 2.04. The summed E-state index contributed by atoms with van der Waals surface area (Å²) in [5, 5.41) is 2.15. The van der Waals surface area contributed by atoms with Crippen LogP contribution in [0, 0.1) is 25.5 Å². The van der Waals surface area contributed by atoms with Crippen LogP contribution in [-0.4, -0.2) is 33.4 Å². The largest absolute Gasteiger partial charge is 0.455 e. The number of amides is 1. The quantitative estimate of drug-likeness (QED) is 0.678. The molecule has 1 amide bonds. The molecule has 7 nitrogen and oxygen atoms in total. The van der Waals surface area contributed by atoms with E-state index in [2.05, 4.69) is 14.8 Å². The number of aryl methyl sites for hydroxylation is 2. The molecule has 28 heavy (non-hydrogen) atoms. The molecule has 10 heteroatoms. The molecule has 2 aromatic rings. The van der Waals surface area contributed by atoms with Gasteiger partial charge in [0.1, 0.15) is 18.2 Å². The fourth-order valence-electron chi connectivity index (χ4n) is 2.14. The van der Waals surface area contributed by atoms with Crippen LogP contribution in [0.25, 0.3) is 0 Å². The lowest BCUT2D eigenvalue weighted by molar-refractivity contribution is -0.146. The number of esters is 1. The average molecular weight is 412 g/mol. The zero-order valence-electron chi connectivity index (χ0n) is 15.1. The minimum absolute atomic E-state index is 0.00530. The first kappa shape index (κ1) is 21.5. The Labute approximate surface area is 160 Å². The van der Waals surface area contributed by atoms with Gasteiger partial charge in [-0.15, -0.1) is 0 Å². The number of hydrogen-bond donors (Lipinski definition) is 2. The Morgan fingerprint density at radius 1 is 1.00 bits per heavy atom. The van der Waals surface area contributed by atoms with E-state index in [4.69, 9.17) is 0 Å². The van der Waals surface area contributed by atoms with Crippen molar-refractivity contribution in [2.75, 3.05) is 18.5 Å². The summed E-state index contributed by atoms with van der Waals surface area (Å²) in [6.07, 6.45) is 0. The van der Waals surface area contributed by atoms with Crippen molar-refractivity contribution in [3.8, 4) is 0 Å². The highest BCUT2D eigenvalue weighted by molar-refractivity contribution is 7.89. The van der Waals surface area contributed by atoms with E-state index < -0.39 is 46.7 Å². The fraction of sp³-hybridized carbons (Fsp3) is 0.222. The second-order valence-electron chi connectivity index (χ2n) is 5.94. The number of ether oxygens (including phenoxy) is 1. The third kappa shape index (κ3) is 6.10. The van der Waals surface area contributed by atoms with Crippen LogP contribution in [0.3, 0.4) is 0 Å². The topological polar surface area (TPSA) is 102 Å². The molecule has 0 radical (unpaired) electrons. The van der Waals surface area contributed by atoms with Crippen LogP contribution in [0.2, 0.25) is 0 Å². The second-order valence-corrected chi connectivity index (χ2v) is 7.70. The summed E-state index contributed by atoms with van der Waals surface area (Å²) in [7, 11) is -3.93. The zero-order chi connectivity index (χ0) is 20.9. The molecule has 0 fully saturated rings. The molecule has 0 bridgehead atoms. The van der Waals surface area contributed by atoms with E-state index in [-0.39, 0.29) is 10.6 Å². The van der Waals surface area contributed by atoms with Crippen LogP contribution in [0.15, 0.2) is 41.3 Å². The third-order valence-electron chi connectivity index (χ3n) is 3.71. The first-order chi connectivity index (χ1) is 13.1. The number of nitrogens with one attached hydrogen (secondary N) is 2. The van der Waals surface area contributed by atoms with Gasteiger partial charge in [-0.05, 0) is 49.2 Å². The van der Waals surface area contributed by atoms with E-state index in [1.54, 1.807) is 13.0 Å². The van der Waals surface area contributed by atoms with E-state index >= 15 is 0 Å². The van der Waals surface area contributed by atoms with Gasteiger partial charge in [-0.25, -0.2) is 17.2 Å². The Bertz CT molecular complexity index is 989. The predicted molar refractivity (Wildman–Crippen MR) is 97.1 cm³/mol. The number of halogens is 2. The smallest absolute Gasteiger partial charge is 0.321 e. The summed E-state index contributed by atoms with van der Waals surface area (Å²) in [6, 6.07) is 6.93. The summed E-state index contributed by atoms with van der Waals surface area (Å²) in [5.74, 6) is -3.59. The minimum Gasteiger partial charge on any atom is -0.455 e. The van der Waals surface area contributed by atoms with Crippen LogP contribution in [0.5, 0.6) is 0 Å². The van der Waals surface area contributed by atoms with Gasteiger partial charge < -0.3 is 10.1 Å². The van der Waals surface area contributed by atoms with Gasteiger partial charge in [0.25, 0.3) is 5.91 Å². The first-order valence-electron chi connectivity index (χ1n) is 8.05. The molecule has 2 rings (SSSR count). The van der Waals surface area contributed by atoms with E-state index in [1.807, 2.05) is 6.92 Å². The van der Waals surface area contributed by atoms with Crippen LogP contribution in [-0.2, 0) is 24.3 Å². The molecule has 0 saturated heterocycles. The molecule has 0 aliphatic heterocycles. The van der Waals surface area contributed by atoms with Crippen molar-refractivity contribution in [2.24, 2.45) is 0 Å². The van der Waals surface area contributed by atoms with Crippen LogP contribution >= 0.6 is 0 Å². The summed E-state index contributed by atoms with van der Waals surface area (Å²) in [6.45, 7) is 2.16.